The van der Waals surface area contributed by atoms with E-state index in [-0.39, 0.29) is 0 Å². The molecule has 0 spiro atoms. The molecule has 0 radical (unpaired) electrons. The van der Waals surface area contributed by atoms with Crippen molar-refractivity contribution >= 4 is 0 Å². The van der Waals surface area contributed by atoms with Gasteiger partial charge in [0.25, 0.3) is 0 Å². The number of halogens is 4. The molecule has 0 aliphatic heterocycles. The third-order valence-electron chi connectivity index (χ3n) is 4.38. The first kappa shape index (κ1) is 16.0. The average molecular weight is 327 g/mol. The van der Waals surface area contributed by atoms with Crippen LogP contribution in [0.15, 0.2) is 30.7 Å². The van der Waals surface area contributed by atoms with Crippen molar-refractivity contribution in [3.05, 3.63) is 53.4 Å². The lowest BCUT2D eigenvalue weighted by Gasteiger charge is -2.19. The molecule has 1 aromatic carbocycles. The molecule has 1 heterocycles. The van der Waals surface area contributed by atoms with E-state index in [2.05, 4.69) is 10.3 Å². The Morgan fingerprint density at radius 3 is 2.57 bits per heavy atom. The number of nitrogens with zero attached hydrogens (tertiary/aromatic N) is 2. The van der Waals surface area contributed by atoms with Crippen molar-refractivity contribution in [2.24, 2.45) is 7.05 Å². The number of benzene rings is 1. The summed E-state index contributed by atoms with van der Waals surface area (Å²) in [4.78, 5) is 4.01. The summed E-state index contributed by atoms with van der Waals surface area (Å²) < 4.78 is 54.0. The van der Waals surface area contributed by atoms with E-state index in [0.717, 1.165) is 24.6 Å². The number of nitrogens with one attached hydrogen (secondary N) is 1. The topological polar surface area (TPSA) is 29.9 Å². The molecule has 1 aliphatic carbocycles. The Labute approximate surface area is 131 Å². The molecular formula is C16H17F4N3. The maximum absolute atomic E-state index is 13.6. The van der Waals surface area contributed by atoms with Gasteiger partial charge < -0.3 is 9.88 Å². The Kier molecular flexibility index (Phi) is 3.91. The first-order valence-corrected chi connectivity index (χ1v) is 7.34. The van der Waals surface area contributed by atoms with Gasteiger partial charge in [-0.2, -0.15) is 13.2 Å². The van der Waals surface area contributed by atoms with E-state index in [1.807, 2.05) is 11.6 Å². The second-order valence-electron chi connectivity index (χ2n) is 6.11. The van der Waals surface area contributed by atoms with Gasteiger partial charge in [-0.3, -0.25) is 0 Å². The lowest BCUT2D eigenvalue weighted by molar-refractivity contribution is -0.137. The molecule has 0 saturated heterocycles. The molecule has 1 aromatic heterocycles. The predicted molar refractivity (Wildman–Crippen MR) is 77.2 cm³/mol. The first-order valence-electron chi connectivity index (χ1n) is 7.34. The number of alkyl halides is 3. The zero-order valence-electron chi connectivity index (χ0n) is 12.6. The van der Waals surface area contributed by atoms with Crippen LogP contribution in [0.2, 0.25) is 0 Å². The lowest BCUT2D eigenvalue weighted by atomic mass is 9.94. The highest BCUT2D eigenvalue weighted by Crippen LogP contribution is 2.49. The molecular weight excluding hydrogens is 310 g/mol. The Morgan fingerprint density at radius 1 is 1.26 bits per heavy atom. The molecule has 0 unspecified atom stereocenters. The van der Waals surface area contributed by atoms with Crippen LogP contribution in [0.3, 0.4) is 0 Å². The Balaban J connectivity index is 1.73. The van der Waals surface area contributed by atoms with Gasteiger partial charge in [-0.05, 0) is 36.6 Å². The van der Waals surface area contributed by atoms with Crippen molar-refractivity contribution in [3.63, 3.8) is 0 Å². The monoisotopic (exact) mass is 327 g/mol. The van der Waals surface area contributed by atoms with E-state index in [0.29, 0.717) is 24.7 Å². The predicted octanol–water partition coefficient (Wildman–Crippen LogP) is 3.40. The lowest BCUT2D eigenvalue weighted by Crippen LogP contribution is -2.27. The Bertz CT molecular complexity index is 702. The fraction of sp³-hybridized carbons (Fsp3) is 0.438. The van der Waals surface area contributed by atoms with E-state index < -0.39 is 23.0 Å². The third kappa shape index (κ3) is 3.39. The van der Waals surface area contributed by atoms with E-state index in [4.69, 9.17) is 0 Å². The van der Waals surface area contributed by atoms with Gasteiger partial charge in [0.1, 0.15) is 5.82 Å². The summed E-state index contributed by atoms with van der Waals surface area (Å²) in [5.41, 5.74) is 0.0736. The maximum atomic E-state index is 13.6. The second kappa shape index (κ2) is 5.63. The normalized spacial score (nSPS) is 16.6. The average Bonchev–Trinajstić information content (AvgIpc) is 3.15. The standard InChI is InChI=1S/C16H17F4N3/c1-23-10-22-8-14(23)7-21-9-15(2-3-15)11-4-12(16(18,19)20)6-13(17)5-11/h4-6,8,10,21H,2-3,7,9H2,1H3. The van der Waals surface area contributed by atoms with Crippen LogP contribution in [-0.4, -0.2) is 16.1 Å². The Hall–Kier alpha value is -1.89. The van der Waals surface area contributed by atoms with Gasteiger partial charge in [0.15, 0.2) is 0 Å². The molecule has 23 heavy (non-hydrogen) atoms. The van der Waals surface area contributed by atoms with E-state index in [1.54, 1.807) is 12.5 Å². The highest BCUT2D eigenvalue weighted by Gasteiger charge is 2.45. The fourth-order valence-corrected chi connectivity index (χ4v) is 2.76. The maximum Gasteiger partial charge on any atom is 0.416 e. The van der Waals surface area contributed by atoms with Gasteiger partial charge in [0, 0.05) is 31.7 Å². The number of aromatic nitrogens is 2. The number of rotatable bonds is 5. The molecule has 0 bridgehead atoms. The van der Waals surface area contributed by atoms with Crippen LogP contribution >= 0.6 is 0 Å². The van der Waals surface area contributed by atoms with E-state index in [9.17, 15) is 17.6 Å². The summed E-state index contributed by atoms with van der Waals surface area (Å²) in [5, 5.41) is 3.24. The summed E-state index contributed by atoms with van der Waals surface area (Å²) in [5.74, 6) is -0.840. The molecule has 0 atom stereocenters. The van der Waals surface area contributed by atoms with Crippen LogP contribution in [0.25, 0.3) is 0 Å². The molecule has 7 heteroatoms. The van der Waals surface area contributed by atoms with Gasteiger partial charge in [-0.1, -0.05) is 0 Å². The zero-order chi connectivity index (χ0) is 16.7. The SMILES string of the molecule is Cn1cncc1CNCC1(c2cc(F)cc(C(F)(F)F)c2)CC1. The number of hydrogen-bond acceptors (Lipinski definition) is 2. The molecule has 3 nitrogen and oxygen atoms in total. The van der Waals surface area contributed by atoms with Crippen LogP contribution in [0.1, 0.15) is 29.7 Å². The summed E-state index contributed by atoms with van der Waals surface area (Å²) in [6, 6.07) is 2.83. The van der Waals surface area contributed by atoms with Gasteiger partial charge in [-0.25, -0.2) is 9.37 Å². The minimum Gasteiger partial charge on any atom is -0.337 e. The minimum atomic E-state index is -4.53. The molecule has 1 saturated carbocycles. The summed E-state index contributed by atoms with van der Waals surface area (Å²) in [6.07, 6.45) is 0.399. The van der Waals surface area contributed by atoms with Crippen molar-refractivity contribution in [2.75, 3.05) is 6.54 Å². The molecule has 1 N–H and O–H groups in total. The largest absolute Gasteiger partial charge is 0.416 e. The van der Waals surface area contributed by atoms with Crippen LogP contribution in [0, 0.1) is 5.82 Å². The van der Waals surface area contributed by atoms with Crippen LogP contribution in [0.5, 0.6) is 0 Å². The van der Waals surface area contributed by atoms with Crippen molar-refractivity contribution in [1.82, 2.24) is 14.9 Å². The molecule has 3 rings (SSSR count). The fourth-order valence-electron chi connectivity index (χ4n) is 2.76. The molecule has 2 aromatic rings. The van der Waals surface area contributed by atoms with Gasteiger partial charge in [0.05, 0.1) is 17.6 Å². The molecule has 1 fully saturated rings. The van der Waals surface area contributed by atoms with Crippen molar-refractivity contribution < 1.29 is 17.6 Å². The van der Waals surface area contributed by atoms with E-state index >= 15 is 0 Å². The minimum absolute atomic E-state index is 0.402. The van der Waals surface area contributed by atoms with Gasteiger partial charge >= 0.3 is 6.18 Å². The van der Waals surface area contributed by atoms with Crippen LogP contribution in [-0.2, 0) is 25.2 Å². The van der Waals surface area contributed by atoms with Crippen molar-refractivity contribution in [3.8, 4) is 0 Å². The number of aryl methyl sites for hydroxylation is 1. The Morgan fingerprint density at radius 2 is 2.00 bits per heavy atom. The highest BCUT2D eigenvalue weighted by molar-refractivity contribution is 5.37. The van der Waals surface area contributed by atoms with E-state index in [1.165, 1.54) is 6.07 Å². The zero-order valence-corrected chi connectivity index (χ0v) is 12.6. The third-order valence-corrected chi connectivity index (χ3v) is 4.38. The van der Waals surface area contributed by atoms with Gasteiger partial charge in [-0.15, -0.1) is 0 Å². The quantitative estimate of drug-likeness (QED) is 0.853. The second-order valence-corrected chi connectivity index (χ2v) is 6.11. The highest BCUT2D eigenvalue weighted by atomic mass is 19.4. The smallest absolute Gasteiger partial charge is 0.337 e. The molecule has 1 aliphatic rings. The summed E-state index contributed by atoms with van der Waals surface area (Å²) in [7, 11) is 1.87. The summed E-state index contributed by atoms with van der Waals surface area (Å²) in [6.45, 7) is 1.08. The number of hydrogen-bond donors (Lipinski definition) is 1. The summed E-state index contributed by atoms with van der Waals surface area (Å²) >= 11 is 0. The first-order chi connectivity index (χ1) is 10.8. The molecule has 0 amide bonds. The van der Waals surface area contributed by atoms with Gasteiger partial charge in [0.2, 0.25) is 0 Å². The number of imidazole rings is 1. The van der Waals surface area contributed by atoms with Crippen LogP contribution in [0.4, 0.5) is 17.6 Å². The van der Waals surface area contributed by atoms with Crippen molar-refractivity contribution in [1.29, 1.82) is 0 Å². The van der Waals surface area contributed by atoms with Crippen molar-refractivity contribution in [2.45, 2.75) is 31.0 Å². The van der Waals surface area contributed by atoms with Crippen LogP contribution < -0.4 is 5.32 Å². The molecule has 124 valence electrons.